The molecule has 0 aliphatic carbocycles. The largest absolute Gasteiger partial charge is 0.494 e. The number of benzene rings is 2. The zero-order valence-corrected chi connectivity index (χ0v) is 12.3. The van der Waals surface area contributed by atoms with Crippen LogP contribution in [-0.2, 0) is 0 Å². The molecule has 0 aliphatic heterocycles. The summed E-state index contributed by atoms with van der Waals surface area (Å²) in [5.41, 5.74) is 1.12. The summed E-state index contributed by atoms with van der Waals surface area (Å²) in [7, 11) is -1.44. The molecule has 0 aromatic heterocycles. The van der Waals surface area contributed by atoms with E-state index in [1.54, 1.807) is 0 Å². The Morgan fingerprint density at radius 3 is 2.37 bits per heavy atom. The fraction of sp³-hybridized carbons (Fsp3) is 0.200. The molecule has 0 bridgehead atoms. The minimum atomic E-state index is -1.44. The summed E-state index contributed by atoms with van der Waals surface area (Å²) in [6.07, 6.45) is 0.845. The molecule has 4 heteroatoms. The first-order valence-electron chi connectivity index (χ1n) is 6.57. The highest BCUT2D eigenvalue weighted by Crippen LogP contribution is 2.07. The number of para-hydroxylation sites is 1. The molecule has 0 spiro atoms. The average Bonchev–Trinajstić information content (AvgIpc) is 2.47. The van der Waals surface area contributed by atoms with E-state index in [9.17, 15) is 0 Å². The monoisotopic (exact) mass is 272 g/mol. The van der Waals surface area contributed by atoms with Crippen LogP contribution in [0.1, 0.15) is 6.92 Å². The van der Waals surface area contributed by atoms with Gasteiger partial charge in [-0.3, -0.25) is 0 Å². The Hall–Kier alpha value is -1.78. The molecule has 2 aromatic carbocycles. The Morgan fingerprint density at radius 2 is 1.74 bits per heavy atom. The van der Waals surface area contributed by atoms with Gasteiger partial charge >= 0.3 is 0 Å². The zero-order valence-electron chi connectivity index (χ0n) is 11.2. The highest BCUT2D eigenvalue weighted by Gasteiger charge is 2.08. The van der Waals surface area contributed by atoms with Crippen molar-refractivity contribution in [3.63, 3.8) is 0 Å². The number of nitrogens with one attached hydrogen (secondary N) is 1. The summed E-state index contributed by atoms with van der Waals surface area (Å²) in [6.45, 7) is 2.68. The summed E-state index contributed by atoms with van der Waals surface area (Å²) in [4.78, 5) is 0. The molecule has 0 saturated heterocycles. The molecule has 0 heterocycles. The maximum atomic E-state index is 6.30. The molecule has 1 atom stereocenters. The standard InChI is InChI=1S/C15H20N2OSi/c1-2-18-14-8-10-15(11-9-14)19(16)12-17-13-6-4-3-5-7-13/h3-11,17,19H,2,12,16H2,1H3. The van der Waals surface area contributed by atoms with Crippen molar-refractivity contribution in [1.29, 1.82) is 0 Å². The highest BCUT2D eigenvalue weighted by atomic mass is 28.3. The SMILES string of the molecule is CCOc1ccc([SiH](N)CNc2ccccc2)cc1. The molecule has 0 aliphatic rings. The number of nitrogens with two attached hydrogens (primary N) is 1. The number of hydrogen-bond acceptors (Lipinski definition) is 3. The topological polar surface area (TPSA) is 47.3 Å². The van der Waals surface area contributed by atoms with Gasteiger partial charge in [0.1, 0.15) is 5.75 Å². The lowest BCUT2D eigenvalue weighted by atomic mass is 10.3. The van der Waals surface area contributed by atoms with Crippen molar-refractivity contribution in [2.45, 2.75) is 6.92 Å². The van der Waals surface area contributed by atoms with Gasteiger partial charge in [0.2, 0.25) is 0 Å². The van der Waals surface area contributed by atoms with Crippen molar-refractivity contribution in [2.24, 2.45) is 5.40 Å². The maximum Gasteiger partial charge on any atom is 0.157 e. The van der Waals surface area contributed by atoms with E-state index in [0.717, 1.165) is 17.6 Å². The average molecular weight is 272 g/mol. The second-order valence-corrected chi connectivity index (χ2v) is 6.64. The predicted octanol–water partition coefficient (Wildman–Crippen LogP) is 1.63. The first-order valence-corrected chi connectivity index (χ1v) is 8.63. The van der Waals surface area contributed by atoms with E-state index in [1.165, 1.54) is 5.19 Å². The third kappa shape index (κ3) is 4.12. The van der Waals surface area contributed by atoms with E-state index in [2.05, 4.69) is 29.6 Å². The van der Waals surface area contributed by atoms with Gasteiger partial charge < -0.3 is 15.5 Å². The van der Waals surface area contributed by atoms with E-state index < -0.39 is 8.96 Å². The summed E-state index contributed by atoms with van der Waals surface area (Å²) in [6, 6.07) is 18.3. The fourth-order valence-corrected chi connectivity index (χ4v) is 3.26. The number of ether oxygens (including phenoxy) is 1. The molecule has 1 unspecified atom stereocenters. The molecule has 0 amide bonds. The van der Waals surface area contributed by atoms with Crippen LogP contribution < -0.4 is 20.6 Å². The first-order chi connectivity index (χ1) is 9.29. The van der Waals surface area contributed by atoms with Crippen molar-refractivity contribution < 1.29 is 4.74 Å². The second-order valence-electron chi connectivity index (χ2n) is 4.36. The zero-order chi connectivity index (χ0) is 13.5. The van der Waals surface area contributed by atoms with Crippen molar-refractivity contribution >= 4 is 19.8 Å². The molecule has 19 heavy (non-hydrogen) atoms. The molecule has 100 valence electrons. The molecule has 2 aromatic rings. The van der Waals surface area contributed by atoms with E-state index in [1.807, 2.05) is 37.3 Å². The normalized spacial score (nSPS) is 11.9. The van der Waals surface area contributed by atoms with Crippen LogP contribution in [0.5, 0.6) is 5.75 Å². The van der Waals surface area contributed by atoms with Crippen molar-refractivity contribution in [3.8, 4) is 5.75 Å². The van der Waals surface area contributed by atoms with Crippen LogP contribution in [0.2, 0.25) is 0 Å². The van der Waals surface area contributed by atoms with E-state index >= 15 is 0 Å². The third-order valence-electron chi connectivity index (χ3n) is 2.92. The van der Waals surface area contributed by atoms with Gasteiger partial charge in [0, 0.05) is 11.9 Å². The number of rotatable bonds is 6. The van der Waals surface area contributed by atoms with Crippen LogP contribution in [0.3, 0.4) is 0 Å². The molecule has 3 nitrogen and oxygen atoms in total. The third-order valence-corrected chi connectivity index (χ3v) is 4.80. The van der Waals surface area contributed by atoms with Crippen LogP contribution >= 0.6 is 0 Å². The van der Waals surface area contributed by atoms with Crippen LogP contribution in [0.15, 0.2) is 54.6 Å². The van der Waals surface area contributed by atoms with Crippen molar-refractivity contribution in [1.82, 2.24) is 0 Å². The summed E-state index contributed by atoms with van der Waals surface area (Å²) >= 11 is 0. The summed E-state index contributed by atoms with van der Waals surface area (Å²) in [5.74, 6) is 0.906. The maximum absolute atomic E-state index is 6.30. The molecule has 0 saturated carbocycles. The van der Waals surface area contributed by atoms with Crippen LogP contribution in [0.4, 0.5) is 5.69 Å². The minimum absolute atomic E-state index is 0.693. The Morgan fingerprint density at radius 1 is 1.05 bits per heavy atom. The van der Waals surface area contributed by atoms with Gasteiger partial charge in [-0.25, -0.2) is 0 Å². The molecular formula is C15H20N2OSi. The summed E-state index contributed by atoms with van der Waals surface area (Å²) < 4.78 is 5.43. The van der Waals surface area contributed by atoms with Gasteiger partial charge in [0.25, 0.3) is 0 Å². The molecule has 2 rings (SSSR count). The van der Waals surface area contributed by atoms with E-state index in [-0.39, 0.29) is 0 Å². The van der Waals surface area contributed by atoms with Gasteiger partial charge in [-0.15, -0.1) is 0 Å². The van der Waals surface area contributed by atoms with Gasteiger partial charge in [0.05, 0.1) is 6.61 Å². The van der Waals surface area contributed by atoms with Crippen molar-refractivity contribution in [2.75, 3.05) is 18.1 Å². The van der Waals surface area contributed by atoms with Gasteiger partial charge in [-0.05, 0) is 36.4 Å². The minimum Gasteiger partial charge on any atom is -0.494 e. The lowest BCUT2D eigenvalue weighted by molar-refractivity contribution is 0.340. The smallest absolute Gasteiger partial charge is 0.157 e. The fourth-order valence-electron chi connectivity index (χ4n) is 1.88. The molecular weight excluding hydrogens is 252 g/mol. The number of anilines is 1. The predicted molar refractivity (Wildman–Crippen MR) is 83.5 cm³/mol. The van der Waals surface area contributed by atoms with Crippen LogP contribution in [0.25, 0.3) is 0 Å². The Labute approximate surface area is 116 Å². The van der Waals surface area contributed by atoms with Gasteiger partial charge in [-0.1, -0.05) is 30.3 Å². The molecule has 0 radical (unpaired) electrons. The van der Waals surface area contributed by atoms with E-state index in [0.29, 0.717) is 6.61 Å². The summed E-state index contributed by atoms with van der Waals surface area (Å²) in [5, 5.41) is 10.9. The highest BCUT2D eigenvalue weighted by molar-refractivity contribution is 6.70. The van der Waals surface area contributed by atoms with Gasteiger partial charge in [0.15, 0.2) is 8.96 Å². The van der Waals surface area contributed by atoms with E-state index in [4.69, 9.17) is 10.1 Å². The molecule has 3 N–H and O–H groups in total. The second kappa shape index (κ2) is 6.97. The first kappa shape index (κ1) is 13.6. The van der Waals surface area contributed by atoms with Crippen LogP contribution in [-0.4, -0.2) is 21.7 Å². The number of hydrogen-bond donors (Lipinski definition) is 2. The molecule has 0 fully saturated rings. The Bertz CT molecular complexity index is 487. The van der Waals surface area contributed by atoms with Crippen LogP contribution in [0, 0.1) is 0 Å². The Balaban J connectivity index is 1.90. The van der Waals surface area contributed by atoms with Gasteiger partial charge in [-0.2, -0.15) is 0 Å². The van der Waals surface area contributed by atoms with Crippen molar-refractivity contribution in [3.05, 3.63) is 54.6 Å². The lowest BCUT2D eigenvalue weighted by Crippen LogP contribution is -2.46. The Kier molecular flexibility index (Phi) is 5.00. The quantitative estimate of drug-likeness (QED) is 0.786. The lowest BCUT2D eigenvalue weighted by Gasteiger charge is -2.13.